The molecule has 0 fully saturated rings. The standard InChI is InChI=1S/C19H22FNO4/c1-24-18-8-4-15(5-9-18)12-25-13-17(22)11-21-19(23)10-14-2-6-16(20)7-3-14/h2-9,17,22H,10-13H2,1H3,(H,21,23). The molecular weight excluding hydrogens is 325 g/mol. The minimum atomic E-state index is -0.796. The molecule has 0 aliphatic carbocycles. The first-order chi connectivity index (χ1) is 12.1. The third-order valence-corrected chi connectivity index (χ3v) is 3.55. The fourth-order valence-electron chi connectivity index (χ4n) is 2.18. The van der Waals surface area contributed by atoms with Crippen LogP contribution in [0.2, 0.25) is 0 Å². The highest BCUT2D eigenvalue weighted by molar-refractivity contribution is 5.78. The van der Waals surface area contributed by atoms with Gasteiger partial charge in [-0.3, -0.25) is 4.79 Å². The number of nitrogens with one attached hydrogen (secondary N) is 1. The van der Waals surface area contributed by atoms with Gasteiger partial charge >= 0.3 is 0 Å². The van der Waals surface area contributed by atoms with E-state index in [4.69, 9.17) is 9.47 Å². The van der Waals surface area contributed by atoms with Crippen molar-refractivity contribution in [2.45, 2.75) is 19.1 Å². The van der Waals surface area contributed by atoms with Crippen LogP contribution in [0.25, 0.3) is 0 Å². The van der Waals surface area contributed by atoms with E-state index < -0.39 is 6.10 Å². The van der Waals surface area contributed by atoms with E-state index >= 15 is 0 Å². The molecule has 134 valence electrons. The summed E-state index contributed by atoms with van der Waals surface area (Å²) >= 11 is 0. The molecule has 1 unspecified atom stereocenters. The Hall–Kier alpha value is -2.44. The molecule has 0 aliphatic heterocycles. The van der Waals surface area contributed by atoms with Crippen molar-refractivity contribution in [3.05, 3.63) is 65.5 Å². The number of carbonyl (C=O) groups is 1. The molecule has 6 heteroatoms. The van der Waals surface area contributed by atoms with Crippen LogP contribution in [0.3, 0.4) is 0 Å². The van der Waals surface area contributed by atoms with Crippen molar-refractivity contribution in [1.82, 2.24) is 5.32 Å². The summed E-state index contributed by atoms with van der Waals surface area (Å²) in [6.45, 7) is 0.579. The van der Waals surface area contributed by atoms with Gasteiger partial charge in [0, 0.05) is 6.54 Å². The summed E-state index contributed by atoms with van der Waals surface area (Å²) in [7, 11) is 1.60. The Morgan fingerprint density at radius 1 is 1.12 bits per heavy atom. The van der Waals surface area contributed by atoms with Gasteiger partial charge in [0.2, 0.25) is 5.91 Å². The van der Waals surface area contributed by atoms with E-state index in [9.17, 15) is 14.3 Å². The lowest BCUT2D eigenvalue weighted by Crippen LogP contribution is -2.35. The second-order valence-corrected chi connectivity index (χ2v) is 5.62. The average molecular weight is 347 g/mol. The molecule has 0 aromatic heterocycles. The topological polar surface area (TPSA) is 67.8 Å². The largest absolute Gasteiger partial charge is 0.497 e. The molecule has 25 heavy (non-hydrogen) atoms. The minimum absolute atomic E-state index is 0.0998. The van der Waals surface area contributed by atoms with Gasteiger partial charge in [-0.05, 0) is 35.4 Å². The zero-order valence-electron chi connectivity index (χ0n) is 14.1. The van der Waals surface area contributed by atoms with Gasteiger partial charge in [-0.2, -0.15) is 0 Å². The number of methoxy groups -OCH3 is 1. The summed E-state index contributed by atoms with van der Waals surface area (Å²) in [4.78, 5) is 11.8. The summed E-state index contributed by atoms with van der Waals surface area (Å²) < 4.78 is 23.3. The van der Waals surface area contributed by atoms with Crippen molar-refractivity contribution < 1.29 is 23.8 Å². The fraction of sp³-hybridized carbons (Fsp3) is 0.316. The van der Waals surface area contributed by atoms with Crippen LogP contribution in [0, 0.1) is 5.82 Å². The van der Waals surface area contributed by atoms with Crippen molar-refractivity contribution in [3.63, 3.8) is 0 Å². The predicted molar refractivity (Wildman–Crippen MR) is 91.8 cm³/mol. The zero-order valence-corrected chi connectivity index (χ0v) is 14.1. The highest BCUT2D eigenvalue weighted by Gasteiger charge is 2.08. The molecule has 0 aliphatic rings. The molecule has 0 heterocycles. The van der Waals surface area contributed by atoms with Crippen LogP contribution in [0.5, 0.6) is 5.75 Å². The molecule has 2 aromatic rings. The monoisotopic (exact) mass is 347 g/mol. The van der Waals surface area contributed by atoms with E-state index in [1.54, 1.807) is 19.2 Å². The van der Waals surface area contributed by atoms with Crippen molar-refractivity contribution >= 4 is 5.91 Å². The van der Waals surface area contributed by atoms with Gasteiger partial charge in [-0.1, -0.05) is 24.3 Å². The lowest BCUT2D eigenvalue weighted by atomic mass is 10.1. The predicted octanol–water partition coefficient (Wildman–Crippen LogP) is 2.07. The molecule has 2 aromatic carbocycles. The summed E-state index contributed by atoms with van der Waals surface area (Å²) in [5.74, 6) is 0.196. The van der Waals surface area contributed by atoms with E-state index in [1.807, 2.05) is 24.3 Å². The van der Waals surface area contributed by atoms with Crippen LogP contribution in [0.15, 0.2) is 48.5 Å². The van der Waals surface area contributed by atoms with E-state index in [1.165, 1.54) is 12.1 Å². The third kappa shape index (κ3) is 6.91. The Kier molecular flexibility index (Phi) is 7.37. The van der Waals surface area contributed by atoms with Crippen LogP contribution in [-0.4, -0.2) is 37.4 Å². The first kappa shape index (κ1) is 18.9. The number of rotatable bonds is 9. The molecule has 1 amide bonds. The van der Waals surface area contributed by atoms with E-state index in [0.717, 1.165) is 11.3 Å². The maximum Gasteiger partial charge on any atom is 0.224 e. The fourth-order valence-corrected chi connectivity index (χ4v) is 2.18. The number of ether oxygens (including phenoxy) is 2. The number of halogens is 1. The van der Waals surface area contributed by atoms with Crippen molar-refractivity contribution in [3.8, 4) is 5.75 Å². The second-order valence-electron chi connectivity index (χ2n) is 5.62. The number of carbonyl (C=O) groups excluding carboxylic acids is 1. The van der Waals surface area contributed by atoms with E-state index in [0.29, 0.717) is 12.2 Å². The van der Waals surface area contributed by atoms with Crippen molar-refractivity contribution in [2.24, 2.45) is 0 Å². The number of hydrogen-bond acceptors (Lipinski definition) is 4. The first-order valence-electron chi connectivity index (χ1n) is 7.96. The summed E-state index contributed by atoms with van der Waals surface area (Å²) in [5.41, 5.74) is 1.68. The third-order valence-electron chi connectivity index (χ3n) is 3.55. The lowest BCUT2D eigenvalue weighted by Gasteiger charge is -2.13. The number of aliphatic hydroxyl groups is 1. The first-order valence-corrected chi connectivity index (χ1v) is 7.96. The van der Waals surface area contributed by atoms with E-state index in [-0.39, 0.29) is 31.3 Å². The van der Waals surface area contributed by atoms with Gasteiger partial charge in [0.05, 0.1) is 32.8 Å². The van der Waals surface area contributed by atoms with Gasteiger partial charge < -0.3 is 19.9 Å². The smallest absolute Gasteiger partial charge is 0.224 e. The summed E-state index contributed by atoms with van der Waals surface area (Å²) in [5, 5.41) is 12.5. The van der Waals surface area contributed by atoms with Crippen LogP contribution in [0.1, 0.15) is 11.1 Å². The molecular formula is C19H22FNO4. The number of aliphatic hydroxyl groups excluding tert-OH is 1. The Morgan fingerprint density at radius 3 is 2.40 bits per heavy atom. The SMILES string of the molecule is COc1ccc(COCC(O)CNC(=O)Cc2ccc(F)cc2)cc1. The van der Waals surface area contributed by atoms with Crippen molar-refractivity contribution in [1.29, 1.82) is 0 Å². The molecule has 0 radical (unpaired) electrons. The van der Waals surface area contributed by atoms with Gasteiger partial charge in [0.25, 0.3) is 0 Å². The van der Waals surface area contributed by atoms with Gasteiger partial charge in [-0.15, -0.1) is 0 Å². The van der Waals surface area contributed by atoms with Crippen LogP contribution in [0.4, 0.5) is 4.39 Å². The molecule has 1 atom stereocenters. The molecule has 5 nitrogen and oxygen atoms in total. The normalized spacial score (nSPS) is 11.8. The van der Waals surface area contributed by atoms with E-state index in [2.05, 4.69) is 5.32 Å². The molecule has 0 saturated carbocycles. The molecule has 0 saturated heterocycles. The Balaban J connectivity index is 1.63. The minimum Gasteiger partial charge on any atom is -0.497 e. The Bertz CT molecular complexity index is 658. The second kappa shape index (κ2) is 9.76. The van der Waals surface area contributed by atoms with Crippen LogP contribution in [-0.2, 0) is 22.6 Å². The van der Waals surface area contributed by atoms with Gasteiger partial charge in [-0.25, -0.2) is 4.39 Å². The Morgan fingerprint density at radius 2 is 1.76 bits per heavy atom. The maximum atomic E-state index is 12.8. The quantitative estimate of drug-likeness (QED) is 0.729. The van der Waals surface area contributed by atoms with Crippen LogP contribution < -0.4 is 10.1 Å². The van der Waals surface area contributed by atoms with Crippen LogP contribution >= 0.6 is 0 Å². The number of amides is 1. The summed E-state index contributed by atoms with van der Waals surface area (Å²) in [6.07, 6.45) is -0.657. The lowest BCUT2D eigenvalue weighted by molar-refractivity contribution is -0.121. The molecule has 0 bridgehead atoms. The number of benzene rings is 2. The average Bonchev–Trinajstić information content (AvgIpc) is 2.62. The maximum absolute atomic E-state index is 12.8. The molecule has 2 N–H and O–H groups in total. The number of hydrogen-bond donors (Lipinski definition) is 2. The highest BCUT2D eigenvalue weighted by atomic mass is 19.1. The Labute approximate surface area is 146 Å². The molecule has 0 spiro atoms. The van der Waals surface area contributed by atoms with Gasteiger partial charge in [0.1, 0.15) is 11.6 Å². The zero-order chi connectivity index (χ0) is 18.1. The molecule has 2 rings (SSSR count). The van der Waals surface area contributed by atoms with Gasteiger partial charge in [0.15, 0.2) is 0 Å². The van der Waals surface area contributed by atoms with Crippen molar-refractivity contribution in [2.75, 3.05) is 20.3 Å². The highest BCUT2D eigenvalue weighted by Crippen LogP contribution is 2.12. The summed E-state index contributed by atoms with van der Waals surface area (Å²) in [6, 6.07) is 13.2.